The molecule has 2 rings (SSSR count). The lowest BCUT2D eigenvalue weighted by Gasteiger charge is -2.37. The summed E-state index contributed by atoms with van der Waals surface area (Å²) in [6, 6.07) is 8.38. The van der Waals surface area contributed by atoms with Gasteiger partial charge in [-0.05, 0) is 95.5 Å². The van der Waals surface area contributed by atoms with Crippen LogP contribution in [0.15, 0.2) is 35.7 Å². The van der Waals surface area contributed by atoms with Crippen LogP contribution in [-0.2, 0) is 38.2 Å². The summed E-state index contributed by atoms with van der Waals surface area (Å²) < 4.78 is 24.6. The number of esters is 1. The van der Waals surface area contributed by atoms with E-state index < -0.39 is 16.6 Å². The molecule has 1 aromatic carbocycles. The van der Waals surface area contributed by atoms with Gasteiger partial charge in [0.05, 0.1) is 19.8 Å². The van der Waals surface area contributed by atoms with Crippen LogP contribution in [-0.4, -0.2) is 29.2 Å². The molecule has 0 amide bonds. The number of hydrogen-bond donors (Lipinski definition) is 0. The highest BCUT2D eigenvalue weighted by molar-refractivity contribution is 7.10. The predicted octanol–water partition coefficient (Wildman–Crippen LogP) is 9.73. The SMILES string of the molecule is CCOC(=O)C=C(CC)c1csc(COc2ccc(CO[Si](C)(C)C(C)(C)C)c(CO[Si](C)(C)C(C)(C)C)c2)c1. The number of benzene rings is 1. The zero-order valence-electron chi connectivity index (χ0n) is 26.9. The first-order valence-electron chi connectivity index (χ1n) is 14.4. The van der Waals surface area contributed by atoms with Crippen molar-refractivity contribution in [3.05, 3.63) is 57.3 Å². The van der Waals surface area contributed by atoms with E-state index in [2.05, 4.69) is 91.3 Å². The van der Waals surface area contributed by atoms with Crippen molar-refractivity contribution in [2.45, 2.75) is 118 Å². The molecule has 2 aromatic rings. The van der Waals surface area contributed by atoms with Gasteiger partial charge in [-0.1, -0.05) is 54.5 Å². The summed E-state index contributed by atoms with van der Waals surface area (Å²) in [6.07, 6.45) is 2.35. The lowest BCUT2D eigenvalue weighted by atomic mass is 10.1. The third-order valence-corrected chi connectivity index (χ3v) is 18.2. The summed E-state index contributed by atoms with van der Waals surface area (Å²) >= 11 is 1.64. The molecule has 5 nitrogen and oxygen atoms in total. The second-order valence-corrected chi connectivity index (χ2v) is 24.0. The molecule has 8 heteroatoms. The molecule has 1 aromatic heterocycles. The highest BCUT2D eigenvalue weighted by atomic mass is 32.1. The van der Waals surface area contributed by atoms with Gasteiger partial charge in [-0.25, -0.2) is 4.79 Å². The van der Waals surface area contributed by atoms with E-state index in [-0.39, 0.29) is 16.0 Å². The fourth-order valence-electron chi connectivity index (χ4n) is 3.41. The van der Waals surface area contributed by atoms with Crippen LogP contribution in [0.25, 0.3) is 5.57 Å². The van der Waals surface area contributed by atoms with Crippen LogP contribution >= 0.6 is 11.3 Å². The first kappa shape index (κ1) is 34.5. The first-order chi connectivity index (χ1) is 18.4. The Kier molecular flexibility index (Phi) is 12.0. The van der Waals surface area contributed by atoms with E-state index in [1.807, 2.05) is 19.9 Å². The summed E-state index contributed by atoms with van der Waals surface area (Å²) in [5.74, 6) is 0.519. The molecular formula is C32H52O5SSi2. The molecule has 0 aliphatic rings. The summed E-state index contributed by atoms with van der Waals surface area (Å²) in [5, 5.41) is 2.36. The normalized spacial score (nSPS) is 13.4. The molecule has 0 saturated heterocycles. The maximum atomic E-state index is 11.9. The average Bonchev–Trinajstić information content (AvgIpc) is 3.31. The van der Waals surface area contributed by atoms with Crippen molar-refractivity contribution in [3.63, 3.8) is 0 Å². The zero-order chi connectivity index (χ0) is 30.4. The van der Waals surface area contributed by atoms with Gasteiger partial charge < -0.3 is 18.3 Å². The minimum atomic E-state index is -1.93. The van der Waals surface area contributed by atoms with E-state index in [0.717, 1.165) is 39.3 Å². The van der Waals surface area contributed by atoms with Gasteiger partial charge in [0.2, 0.25) is 0 Å². The monoisotopic (exact) mass is 604 g/mol. The zero-order valence-corrected chi connectivity index (χ0v) is 29.8. The van der Waals surface area contributed by atoms with E-state index in [9.17, 15) is 4.79 Å². The van der Waals surface area contributed by atoms with Crippen LogP contribution in [0.3, 0.4) is 0 Å². The molecule has 224 valence electrons. The van der Waals surface area contributed by atoms with Gasteiger partial charge in [-0.2, -0.15) is 0 Å². The summed E-state index contributed by atoms with van der Waals surface area (Å²) in [4.78, 5) is 13.0. The van der Waals surface area contributed by atoms with Crippen LogP contribution in [0.4, 0.5) is 0 Å². The number of hydrogen-bond acceptors (Lipinski definition) is 6. The van der Waals surface area contributed by atoms with Crippen LogP contribution in [0, 0.1) is 0 Å². The molecule has 0 fully saturated rings. The maximum Gasteiger partial charge on any atom is 0.331 e. The minimum absolute atomic E-state index is 0.134. The Balaban J connectivity index is 2.23. The smallest absolute Gasteiger partial charge is 0.331 e. The van der Waals surface area contributed by atoms with Gasteiger partial charge in [-0.3, -0.25) is 0 Å². The van der Waals surface area contributed by atoms with E-state index in [1.165, 1.54) is 0 Å². The Hall–Kier alpha value is -1.72. The second kappa shape index (κ2) is 14.0. The number of carbonyl (C=O) groups is 1. The van der Waals surface area contributed by atoms with Crippen molar-refractivity contribution in [2.24, 2.45) is 0 Å². The summed E-state index contributed by atoms with van der Waals surface area (Å²) in [5.41, 5.74) is 4.29. The largest absolute Gasteiger partial charge is 0.488 e. The Morgan fingerprint density at radius 1 is 0.850 bits per heavy atom. The van der Waals surface area contributed by atoms with Crippen molar-refractivity contribution < 1.29 is 23.1 Å². The number of allylic oxidation sites excluding steroid dienone is 1. The Morgan fingerprint density at radius 3 is 1.95 bits per heavy atom. The quantitative estimate of drug-likeness (QED) is 0.129. The fraction of sp³-hybridized carbons (Fsp3) is 0.594. The highest BCUT2D eigenvalue weighted by Gasteiger charge is 2.38. The van der Waals surface area contributed by atoms with Crippen LogP contribution < -0.4 is 4.74 Å². The van der Waals surface area contributed by atoms with Gasteiger partial charge >= 0.3 is 5.97 Å². The third-order valence-electron chi connectivity index (χ3n) is 8.33. The Bertz CT molecular complexity index is 1150. The van der Waals surface area contributed by atoms with Crippen LogP contribution in [0.2, 0.25) is 36.3 Å². The maximum absolute atomic E-state index is 11.9. The molecule has 0 spiro atoms. The number of ether oxygens (including phenoxy) is 2. The molecule has 0 saturated carbocycles. The van der Waals surface area contributed by atoms with Gasteiger partial charge in [0.25, 0.3) is 0 Å². The Morgan fingerprint density at radius 2 is 1.43 bits per heavy atom. The number of carbonyl (C=O) groups excluding carboxylic acids is 1. The molecule has 0 bridgehead atoms. The van der Waals surface area contributed by atoms with Gasteiger partial charge in [0, 0.05) is 11.0 Å². The van der Waals surface area contributed by atoms with Crippen molar-refractivity contribution >= 4 is 39.5 Å². The number of rotatable bonds is 13. The molecule has 40 heavy (non-hydrogen) atoms. The topological polar surface area (TPSA) is 54.0 Å². The first-order valence-corrected chi connectivity index (χ1v) is 21.1. The fourth-order valence-corrected chi connectivity index (χ4v) is 6.13. The molecule has 0 aliphatic heterocycles. The standard InChI is InChI=1S/C32H52O5SSi2/c1-13-24(19-30(33)34-14-2)27-18-29(38-23-27)22-35-28-16-15-25(20-36-39(9,10)31(3,4)5)26(17-28)21-37-40(11,12)32(6,7)8/h15-19,23H,13-14,20-22H2,1-12H3. The van der Waals surface area contributed by atoms with E-state index in [1.54, 1.807) is 17.4 Å². The highest BCUT2D eigenvalue weighted by Crippen LogP contribution is 2.39. The molecule has 0 atom stereocenters. The van der Waals surface area contributed by atoms with Crippen molar-refractivity contribution in [3.8, 4) is 5.75 Å². The van der Waals surface area contributed by atoms with E-state index >= 15 is 0 Å². The molecule has 0 unspecified atom stereocenters. The molecular weight excluding hydrogens is 553 g/mol. The van der Waals surface area contributed by atoms with Crippen molar-refractivity contribution in [2.75, 3.05) is 6.61 Å². The number of thiophene rings is 1. The summed E-state index contributed by atoms with van der Waals surface area (Å²) in [7, 11) is -3.82. The van der Waals surface area contributed by atoms with Crippen molar-refractivity contribution in [1.82, 2.24) is 0 Å². The lowest BCUT2D eigenvalue weighted by molar-refractivity contribution is -0.137. The van der Waals surface area contributed by atoms with Gasteiger partial charge in [-0.15, -0.1) is 11.3 Å². The molecule has 0 aliphatic carbocycles. The average molecular weight is 605 g/mol. The van der Waals surface area contributed by atoms with Gasteiger partial charge in [0.1, 0.15) is 12.4 Å². The molecule has 0 N–H and O–H groups in total. The molecule has 0 radical (unpaired) electrons. The third kappa shape index (κ3) is 9.69. The second-order valence-electron chi connectivity index (χ2n) is 13.4. The van der Waals surface area contributed by atoms with E-state index in [0.29, 0.717) is 26.4 Å². The van der Waals surface area contributed by atoms with Crippen LogP contribution in [0.1, 0.15) is 83.4 Å². The molecule has 1 heterocycles. The minimum Gasteiger partial charge on any atom is -0.488 e. The summed E-state index contributed by atoms with van der Waals surface area (Å²) in [6.45, 7) is 28.6. The predicted molar refractivity (Wildman–Crippen MR) is 174 cm³/mol. The Labute approximate surface area is 249 Å². The van der Waals surface area contributed by atoms with Crippen molar-refractivity contribution in [1.29, 1.82) is 0 Å². The van der Waals surface area contributed by atoms with Crippen LogP contribution in [0.5, 0.6) is 5.75 Å². The van der Waals surface area contributed by atoms with Gasteiger partial charge in [0.15, 0.2) is 16.6 Å². The van der Waals surface area contributed by atoms with E-state index in [4.69, 9.17) is 18.3 Å². The lowest BCUT2D eigenvalue weighted by Crippen LogP contribution is -2.41.